The molecule has 1 atom stereocenters. The van der Waals surface area contributed by atoms with Crippen LogP contribution in [0.4, 0.5) is 0 Å². The number of benzene rings is 1. The zero-order chi connectivity index (χ0) is 19.9. The first-order chi connectivity index (χ1) is 12.1. The Hall–Kier alpha value is -2.04. The van der Waals surface area contributed by atoms with E-state index in [1.807, 2.05) is 58.9 Å². The monoisotopic (exact) mass is 363 g/mol. The highest BCUT2D eigenvalue weighted by molar-refractivity contribution is 5.84. The summed E-state index contributed by atoms with van der Waals surface area (Å²) in [6, 6.07) is 6.96. The molecule has 0 fully saturated rings. The number of amides is 1. The van der Waals surface area contributed by atoms with Gasteiger partial charge in [-0.1, -0.05) is 46.8 Å². The Labute approximate surface area is 157 Å². The van der Waals surface area contributed by atoms with Crippen LogP contribution in [0.5, 0.6) is 5.75 Å². The Balaban J connectivity index is 3.16. The zero-order valence-corrected chi connectivity index (χ0v) is 17.2. The van der Waals surface area contributed by atoms with Gasteiger partial charge in [-0.2, -0.15) is 0 Å². The topological polar surface area (TPSA) is 55.8 Å². The lowest BCUT2D eigenvalue weighted by Gasteiger charge is -2.33. The van der Waals surface area contributed by atoms with Crippen LogP contribution in [-0.2, 0) is 20.9 Å². The van der Waals surface area contributed by atoms with E-state index in [-0.39, 0.29) is 23.2 Å². The molecule has 0 bridgehead atoms. The number of carbonyl (C=O) groups is 2. The molecule has 5 nitrogen and oxygen atoms in total. The van der Waals surface area contributed by atoms with E-state index in [4.69, 9.17) is 9.47 Å². The molecule has 146 valence electrons. The Morgan fingerprint density at radius 1 is 1.08 bits per heavy atom. The molecule has 0 heterocycles. The van der Waals surface area contributed by atoms with E-state index in [2.05, 4.69) is 0 Å². The molecule has 1 amide bonds. The minimum Gasteiger partial charge on any atom is -0.497 e. The first kappa shape index (κ1) is 22.0. The van der Waals surface area contributed by atoms with Crippen LogP contribution in [0.15, 0.2) is 24.3 Å². The molecule has 26 heavy (non-hydrogen) atoms. The van der Waals surface area contributed by atoms with Crippen LogP contribution < -0.4 is 4.74 Å². The van der Waals surface area contributed by atoms with Gasteiger partial charge in [0.25, 0.3) is 0 Å². The van der Waals surface area contributed by atoms with Crippen molar-refractivity contribution in [3.63, 3.8) is 0 Å². The van der Waals surface area contributed by atoms with Crippen molar-refractivity contribution in [2.24, 2.45) is 11.3 Å². The molecule has 0 aliphatic rings. The molecule has 1 rings (SSSR count). The van der Waals surface area contributed by atoms with Gasteiger partial charge >= 0.3 is 5.97 Å². The van der Waals surface area contributed by atoms with Gasteiger partial charge in [-0.05, 0) is 35.4 Å². The molecule has 0 spiro atoms. The van der Waals surface area contributed by atoms with Crippen LogP contribution in [0.1, 0.15) is 53.0 Å². The number of hydrogen-bond donors (Lipinski definition) is 0. The number of ether oxygens (including phenoxy) is 2. The Kier molecular flexibility index (Phi) is 8.12. The minimum absolute atomic E-state index is 0.0376. The maximum atomic E-state index is 13.0. The summed E-state index contributed by atoms with van der Waals surface area (Å²) in [7, 11) is 2.99. The van der Waals surface area contributed by atoms with Crippen molar-refractivity contribution >= 4 is 11.9 Å². The highest BCUT2D eigenvalue weighted by Crippen LogP contribution is 2.25. The third kappa shape index (κ3) is 7.06. The third-order valence-corrected chi connectivity index (χ3v) is 4.06. The van der Waals surface area contributed by atoms with Crippen molar-refractivity contribution in [2.45, 2.75) is 60.0 Å². The predicted molar refractivity (Wildman–Crippen MR) is 103 cm³/mol. The SMILES string of the molecule is COC(=O)[C@H](CC(C)C)N(Cc1ccc(OC)cc1)C(=O)CC(C)(C)C. The molecule has 1 aromatic carbocycles. The second-order valence-corrected chi connectivity index (χ2v) is 8.28. The summed E-state index contributed by atoms with van der Waals surface area (Å²) in [5, 5.41) is 0. The van der Waals surface area contributed by atoms with Crippen LogP contribution in [0.2, 0.25) is 0 Å². The van der Waals surface area contributed by atoms with Crippen molar-refractivity contribution < 1.29 is 19.1 Å². The zero-order valence-electron chi connectivity index (χ0n) is 17.2. The van der Waals surface area contributed by atoms with E-state index in [0.717, 1.165) is 11.3 Å². The number of hydrogen-bond acceptors (Lipinski definition) is 4. The van der Waals surface area contributed by atoms with Crippen molar-refractivity contribution in [2.75, 3.05) is 14.2 Å². The Bertz CT molecular complexity index is 587. The number of esters is 1. The average Bonchev–Trinajstić information content (AvgIpc) is 2.56. The Morgan fingerprint density at radius 2 is 1.65 bits per heavy atom. The van der Waals surface area contributed by atoms with E-state index in [9.17, 15) is 9.59 Å². The third-order valence-electron chi connectivity index (χ3n) is 4.06. The molecule has 0 aliphatic carbocycles. The summed E-state index contributed by atoms with van der Waals surface area (Å²) < 4.78 is 10.2. The fourth-order valence-corrected chi connectivity index (χ4v) is 2.79. The van der Waals surface area contributed by atoms with Crippen LogP contribution >= 0.6 is 0 Å². The van der Waals surface area contributed by atoms with Crippen molar-refractivity contribution in [1.82, 2.24) is 4.90 Å². The fraction of sp³-hybridized carbons (Fsp3) is 0.619. The first-order valence-electron chi connectivity index (χ1n) is 9.07. The van der Waals surface area contributed by atoms with E-state index in [0.29, 0.717) is 19.4 Å². The number of methoxy groups -OCH3 is 2. The normalized spacial score (nSPS) is 12.6. The first-order valence-corrected chi connectivity index (χ1v) is 9.07. The van der Waals surface area contributed by atoms with E-state index < -0.39 is 6.04 Å². The van der Waals surface area contributed by atoms with Crippen LogP contribution in [-0.4, -0.2) is 37.0 Å². The summed E-state index contributed by atoms with van der Waals surface area (Å²) >= 11 is 0. The molecule has 1 aromatic rings. The number of rotatable bonds is 8. The van der Waals surface area contributed by atoms with Gasteiger partial charge in [-0.15, -0.1) is 0 Å². The molecule has 5 heteroatoms. The second kappa shape index (κ2) is 9.60. The van der Waals surface area contributed by atoms with Crippen LogP contribution in [0.25, 0.3) is 0 Å². The molecular formula is C21H33NO4. The number of carbonyl (C=O) groups excluding carboxylic acids is 2. The van der Waals surface area contributed by atoms with Gasteiger partial charge in [0, 0.05) is 13.0 Å². The molecule has 0 aliphatic heterocycles. The lowest BCUT2D eigenvalue weighted by Crippen LogP contribution is -2.46. The highest BCUT2D eigenvalue weighted by atomic mass is 16.5. The van der Waals surface area contributed by atoms with Crippen LogP contribution in [0.3, 0.4) is 0 Å². The van der Waals surface area contributed by atoms with Crippen molar-refractivity contribution in [1.29, 1.82) is 0 Å². The fourth-order valence-electron chi connectivity index (χ4n) is 2.79. The maximum Gasteiger partial charge on any atom is 0.328 e. The highest BCUT2D eigenvalue weighted by Gasteiger charge is 2.33. The van der Waals surface area contributed by atoms with Crippen LogP contribution in [0, 0.1) is 11.3 Å². The molecule has 0 saturated heterocycles. The average molecular weight is 363 g/mol. The molecule has 0 aromatic heterocycles. The van der Waals surface area contributed by atoms with E-state index in [1.165, 1.54) is 7.11 Å². The molecule has 0 saturated carbocycles. The predicted octanol–water partition coefficient (Wildman–Crippen LogP) is 4.05. The maximum absolute atomic E-state index is 13.0. The van der Waals surface area contributed by atoms with Gasteiger partial charge in [0.1, 0.15) is 11.8 Å². The lowest BCUT2D eigenvalue weighted by atomic mass is 9.90. The van der Waals surface area contributed by atoms with Gasteiger partial charge in [-0.25, -0.2) is 4.79 Å². The van der Waals surface area contributed by atoms with Gasteiger partial charge in [-0.3, -0.25) is 4.79 Å². The minimum atomic E-state index is -0.586. The summed E-state index contributed by atoms with van der Waals surface area (Å²) in [6.45, 7) is 10.5. The second-order valence-electron chi connectivity index (χ2n) is 8.28. The molecular weight excluding hydrogens is 330 g/mol. The van der Waals surface area contributed by atoms with Gasteiger partial charge < -0.3 is 14.4 Å². The van der Waals surface area contributed by atoms with Gasteiger partial charge in [0.05, 0.1) is 14.2 Å². The molecule has 0 radical (unpaired) electrons. The quantitative estimate of drug-likeness (QED) is 0.654. The Morgan fingerprint density at radius 3 is 2.08 bits per heavy atom. The van der Waals surface area contributed by atoms with Crippen molar-refractivity contribution in [3.8, 4) is 5.75 Å². The number of nitrogens with zero attached hydrogens (tertiary/aromatic N) is 1. The van der Waals surface area contributed by atoms with Gasteiger partial charge in [0.2, 0.25) is 5.91 Å². The van der Waals surface area contributed by atoms with E-state index in [1.54, 1.807) is 12.0 Å². The summed E-state index contributed by atoms with van der Waals surface area (Å²) in [4.78, 5) is 27.1. The van der Waals surface area contributed by atoms with Gasteiger partial charge in [0.15, 0.2) is 0 Å². The lowest BCUT2D eigenvalue weighted by molar-refractivity contribution is -0.155. The summed E-state index contributed by atoms with van der Waals surface area (Å²) in [6.07, 6.45) is 0.938. The largest absolute Gasteiger partial charge is 0.497 e. The summed E-state index contributed by atoms with van der Waals surface area (Å²) in [5.41, 5.74) is 0.791. The molecule has 0 N–H and O–H groups in total. The summed E-state index contributed by atoms with van der Waals surface area (Å²) in [5.74, 6) is 0.617. The van der Waals surface area contributed by atoms with Crippen molar-refractivity contribution in [3.05, 3.63) is 29.8 Å². The molecule has 0 unspecified atom stereocenters. The standard InChI is InChI=1S/C21H33NO4/c1-15(2)12-18(20(24)26-7)22(19(23)13-21(3,4)5)14-16-8-10-17(25-6)11-9-16/h8-11,15,18H,12-14H2,1-7H3/t18-/m0/s1. The smallest absolute Gasteiger partial charge is 0.328 e. The van der Waals surface area contributed by atoms with E-state index >= 15 is 0 Å².